The third-order valence-corrected chi connectivity index (χ3v) is 4.78. The van der Waals surface area contributed by atoms with E-state index in [9.17, 15) is 13.2 Å². The topological polar surface area (TPSA) is 60.4 Å². The molecule has 4 nitrogen and oxygen atoms in total. The van der Waals surface area contributed by atoms with Crippen LogP contribution in [0.4, 0.5) is 0 Å². The summed E-state index contributed by atoms with van der Waals surface area (Å²) in [7, 11) is 1.06. The highest BCUT2D eigenvalue weighted by molar-refractivity contribution is 8.13. The fraction of sp³-hybridized carbons (Fsp3) is 0.364. The van der Waals surface area contributed by atoms with Crippen molar-refractivity contribution in [3.63, 3.8) is 0 Å². The van der Waals surface area contributed by atoms with Crippen LogP contribution in [0.3, 0.4) is 0 Å². The Kier molecular flexibility index (Phi) is 5.99. The number of halogens is 4. The second kappa shape index (κ2) is 6.71. The van der Waals surface area contributed by atoms with Gasteiger partial charge in [0.15, 0.2) is 0 Å². The van der Waals surface area contributed by atoms with Gasteiger partial charge in [-0.15, -0.1) is 0 Å². The van der Waals surface area contributed by atoms with Crippen molar-refractivity contribution in [3.05, 3.63) is 26.7 Å². The maximum Gasteiger partial charge on any atom is 0.341 e. The summed E-state index contributed by atoms with van der Waals surface area (Å²) in [6.07, 6.45) is 0. The molecule has 9 heteroatoms. The molecule has 0 aliphatic rings. The first-order valence-corrected chi connectivity index (χ1v) is 8.79. The Morgan fingerprint density at radius 2 is 1.80 bits per heavy atom. The molecule has 0 saturated heterocycles. The summed E-state index contributed by atoms with van der Waals surface area (Å²) in [5, 5.41) is -0.760. The maximum atomic E-state index is 11.9. The van der Waals surface area contributed by atoms with Gasteiger partial charge in [0.1, 0.15) is 4.90 Å². The highest BCUT2D eigenvalue weighted by Gasteiger charge is 2.27. The normalized spacial score (nSPS) is 11.8. The Morgan fingerprint density at radius 3 is 2.25 bits per heavy atom. The number of ether oxygens (including phenoxy) is 1. The van der Waals surface area contributed by atoms with E-state index in [1.54, 1.807) is 0 Å². The van der Waals surface area contributed by atoms with E-state index in [1.165, 1.54) is 0 Å². The van der Waals surface area contributed by atoms with E-state index in [4.69, 9.17) is 50.2 Å². The molecule has 0 saturated carbocycles. The standard InChI is InChI=1S/C11H10Cl4O4S/c1-5(2)4-19-11(16)8-9(13)6(12)3-7(10(8)14)20(15,17)18/h3,5H,4H2,1-2H3. The Bertz CT molecular complexity index is 640. The average Bonchev–Trinajstić information content (AvgIpc) is 2.30. The number of hydrogen-bond acceptors (Lipinski definition) is 4. The molecule has 0 spiro atoms. The van der Waals surface area contributed by atoms with Crippen LogP contribution in [0.1, 0.15) is 24.2 Å². The van der Waals surface area contributed by atoms with Gasteiger partial charge in [-0.05, 0) is 12.0 Å². The van der Waals surface area contributed by atoms with Crippen molar-refractivity contribution in [2.24, 2.45) is 5.92 Å². The minimum absolute atomic E-state index is 0.0897. The summed E-state index contributed by atoms with van der Waals surface area (Å²) < 4.78 is 27.7. The van der Waals surface area contributed by atoms with Crippen molar-refractivity contribution >= 4 is 60.5 Å². The van der Waals surface area contributed by atoms with Gasteiger partial charge in [0.25, 0.3) is 9.05 Å². The molecule has 0 bridgehead atoms. The second-order valence-corrected chi connectivity index (χ2v) is 7.99. The molecule has 1 aromatic carbocycles. The molecule has 0 heterocycles. The lowest BCUT2D eigenvalue weighted by Gasteiger charge is -2.12. The molecule has 1 aromatic rings. The molecule has 112 valence electrons. The van der Waals surface area contributed by atoms with Crippen LogP contribution in [-0.2, 0) is 13.8 Å². The predicted octanol–water partition coefficient (Wildman–Crippen LogP) is 4.39. The van der Waals surface area contributed by atoms with Crippen molar-refractivity contribution in [1.82, 2.24) is 0 Å². The molecule has 0 aliphatic heterocycles. The predicted molar refractivity (Wildman–Crippen MR) is 79.6 cm³/mol. The molecule has 0 fully saturated rings. The molecule has 0 N–H and O–H groups in total. The lowest BCUT2D eigenvalue weighted by atomic mass is 10.2. The summed E-state index contributed by atoms with van der Waals surface area (Å²) >= 11 is 17.5. The fourth-order valence-corrected chi connectivity index (χ4v) is 3.38. The Morgan fingerprint density at radius 1 is 1.25 bits per heavy atom. The Labute approximate surface area is 136 Å². The van der Waals surface area contributed by atoms with Crippen LogP contribution in [0.15, 0.2) is 11.0 Å². The molecular weight excluding hydrogens is 370 g/mol. The Hall–Kier alpha value is -0.200. The van der Waals surface area contributed by atoms with E-state index < -0.39 is 24.9 Å². The van der Waals surface area contributed by atoms with Crippen molar-refractivity contribution in [2.45, 2.75) is 18.7 Å². The van der Waals surface area contributed by atoms with Gasteiger partial charge in [0.05, 0.1) is 27.2 Å². The van der Waals surface area contributed by atoms with E-state index in [1.807, 2.05) is 13.8 Å². The molecule has 0 unspecified atom stereocenters. The summed E-state index contributed by atoms with van der Waals surface area (Å²) in [5.41, 5.74) is -0.319. The number of hydrogen-bond donors (Lipinski definition) is 0. The molecule has 20 heavy (non-hydrogen) atoms. The van der Waals surface area contributed by atoms with E-state index in [-0.39, 0.29) is 28.1 Å². The number of rotatable bonds is 4. The van der Waals surface area contributed by atoms with Crippen molar-refractivity contribution in [2.75, 3.05) is 6.61 Å². The van der Waals surface area contributed by atoms with Crippen molar-refractivity contribution in [3.8, 4) is 0 Å². The van der Waals surface area contributed by atoms with Crippen LogP contribution >= 0.6 is 45.5 Å². The van der Waals surface area contributed by atoms with E-state index in [0.29, 0.717) is 0 Å². The third-order valence-electron chi connectivity index (χ3n) is 2.14. The van der Waals surface area contributed by atoms with Crippen LogP contribution in [0.25, 0.3) is 0 Å². The maximum absolute atomic E-state index is 11.9. The summed E-state index contributed by atoms with van der Waals surface area (Å²) in [4.78, 5) is 11.4. The fourth-order valence-electron chi connectivity index (χ4n) is 1.25. The van der Waals surface area contributed by atoms with Gasteiger partial charge in [-0.25, -0.2) is 13.2 Å². The van der Waals surface area contributed by atoms with Gasteiger partial charge in [-0.3, -0.25) is 0 Å². The van der Waals surface area contributed by atoms with E-state index >= 15 is 0 Å². The third kappa shape index (κ3) is 4.15. The van der Waals surface area contributed by atoms with Gasteiger partial charge < -0.3 is 4.74 Å². The molecule has 0 aromatic heterocycles. The lowest BCUT2D eigenvalue weighted by Crippen LogP contribution is -2.12. The van der Waals surface area contributed by atoms with Gasteiger partial charge >= 0.3 is 5.97 Å². The van der Waals surface area contributed by atoms with Crippen LogP contribution in [-0.4, -0.2) is 21.0 Å². The summed E-state index contributed by atoms with van der Waals surface area (Å²) in [6.45, 7) is 3.80. The number of carbonyl (C=O) groups excluding carboxylic acids is 1. The molecular formula is C11H10Cl4O4S. The van der Waals surface area contributed by atoms with Gasteiger partial charge in [-0.2, -0.15) is 0 Å². The lowest BCUT2D eigenvalue weighted by molar-refractivity contribution is 0.0459. The summed E-state index contributed by atoms with van der Waals surface area (Å²) in [6, 6.07) is 0.980. The number of carbonyl (C=O) groups is 1. The largest absolute Gasteiger partial charge is 0.462 e. The first-order valence-electron chi connectivity index (χ1n) is 5.35. The average molecular weight is 380 g/mol. The van der Waals surface area contributed by atoms with Gasteiger partial charge in [0.2, 0.25) is 0 Å². The molecule has 0 amide bonds. The zero-order valence-electron chi connectivity index (χ0n) is 10.4. The molecule has 0 atom stereocenters. The molecule has 0 radical (unpaired) electrons. The summed E-state index contributed by atoms with van der Waals surface area (Å²) in [5.74, 6) is -0.773. The highest BCUT2D eigenvalue weighted by Crippen LogP contribution is 2.38. The van der Waals surface area contributed by atoms with Crippen LogP contribution in [0.5, 0.6) is 0 Å². The van der Waals surface area contributed by atoms with Gasteiger partial charge in [0, 0.05) is 10.7 Å². The molecule has 0 aliphatic carbocycles. The van der Waals surface area contributed by atoms with Crippen molar-refractivity contribution in [1.29, 1.82) is 0 Å². The SMILES string of the molecule is CC(C)COC(=O)c1c(Cl)c(Cl)cc(S(=O)(=O)Cl)c1Cl. The smallest absolute Gasteiger partial charge is 0.341 e. The van der Waals surface area contributed by atoms with E-state index in [0.717, 1.165) is 6.07 Å². The minimum atomic E-state index is -4.17. The first kappa shape index (κ1) is 17.9. The molecule has 1 rings (SSSR count). The first-order chi connectivity index (χ1) is 9.05. The van der Waals surface area contributed by atoms with Crippen LogP contribution in [0.2, 0.25) is 15.1 Å². The zero-order chi connectivity index (χ0) is 15.7. The highest BCUT2D eigenvalue weighted by atomic mass is 35.7. The van der Waals surface area contributed by atoms with E-state index in [2.05, 4.69) is 0 Å². The van der Waals surface area contributed by atoms with Crippen LogP contribution < -0.4 is 0 Å². The zero-order valence-corrected chi connectivity index (χ0v) is 14.3. The Balaban J connectivity index is 3.39. The minimum Gasteiger partial charge on any atom is -0.462 e. The quantitative estimate of drug-likeness (QED) is 0.442. The second-order valence-electron chi connectivity index (χ2n) is 4.29. The van der Waals surface area contributed by atoms with Crippen molar-refractivity contribution < 1.29 is 17.9 Å². The number of esters is 1. The monoisotopic (exact) mass is 378 g/mol. The number of benzene rings is 1. The van der Waals surface area contributed by atoms with Crippen LogP contribution in [0, 0.1) is 5.92 Å². The van der Waals surface area contributed by atoms with Gasteiger partial charge in [-0.1, -0.05) is 48.7 Å².